The predicted molar refractivity (Wildman–Crippen MR) is 111 cm³/mol. The molecule has 1 aliphatic heterocycles. The Morgan fingerprint density at radius 2 is 1.96 bits per heavy atom. The molecule has 1 aromatic heterocycles. The first-order chi connectivity index (χ1) is 13.4. The SMILES string of the molecule is Cc1ccc(OCc2nnc(SCC(=O)N3[C@H](C)CCC[C@@H]3C)n2N)c(C)c1. The molecule has 0 spiro atoms. The van der Waals surface area contributed by atoms with Crippen LogP contribution in [-0.4, -0.2) is 43.5 Å². The molecule has 2 atom stereocenters. The molecule has 1 aromatic carbocycles. The van der Waals surface area contributed by atoms with Crippen LogP contribution in [0.25, 0.3) is 0 Å². The summed E-state index contributed by atoms with van der Waals surface area (Å²) in [7, 11) is 0. The molecule has 0 bridgehead atoms. The lowest BCUT2D eigenvalue weighted by molar-refractivity contribution is -0.134. The molecule has 0 aliphatic carbocycles. The molecule has 2 heterocycles. The minimum absolute atomic E-state index is 0.126. The summed E-state index contributed by atoms with van der Waals surface area (Å²) in [5.41, 5.74) is 2.25. The van der Waals surface area contributed by atoms with Crippen LogP contribution in [0.2, 0.25) is 0 Å². The number of piperidine rings is 1. The summed E-state index contributed by atoms with van der Waals surface area (Å²) in [4.78, 5) is 14.7. The third kappa shape index (κ3) is 4.60. The molecule has 7 nitrogen and oxygen atoms in total. The van der Waals surface area contributed by atoms with E-state index in [1.54, 1.807) is 0 Å². The van der Waals surface area contributed by atoms with Crippen LogP contribution in [0, 0.1) is 13.8 Å². The van der Waals surface area contributed by atoms with Gasteiger partial charge in [0.25, 0.3) is 0 Å². The van der Waals surface area contributed by atoms with Crippen molar-refractivity contribution in [2.24, 2.45) is 0 Å². The Hall–Kier alpha value is -2.22. The molecule has 1 saturated heterocycles. The number of thioether (sulfide) groups is 1. The minimum atomic E-state index is 0.126. The summed E-state index contributed by atoms with van der Waals surface area (Å²) in [6.07, 6.45) is 3.31. The van der Waals surface area contributed by atoms with Gasteiger partial charge in [0.1, 0.15) is 12.4 Å². The van der Waals surface area contributed by atoms with Crippen molar-refractivity contribution in [3.8, 4) is 5.75 Å². The predicted octanol–water partition coefficient (Wildman–Crippen LogP) is 3.07. The van der Waals surface area contributed by atoms with Crippen molar-refractivity contribution in [1.29, 1.82) is 0 Å². The van der Waals surface area contributed by atoms with Crippen molar-refractivity contribution < 1.29 is 9.53 Å². The van der Waals surface area contributed by atoms with E-state index in [9.17, 15) is 4.79 Å². The van der Waals surface area contributed by atoms with Crippen molar-refractivity contribution in [3.63, 3.8) is 0 Å². The normalized spacial score (nSPS) is 19.6. The van der Waals surface area contributed by atoms with Crippen LogP contribution < -0.4 is 10.6 Å². The number of ether oxygens (including phenoxy) is 1. The first kappa shape index (κ1) is 20.5. The third-order valence-electron chi connectivity index (χ3n) is 5.23. The van der Waals surface area contributed by atoms with Gasteiger partial charge in [-0.15, -0.1) is 10.2 Å². The third-order valence-corrected chi connectivity index (χ3v) is 6.16. The molecule has 8 heteroatoms. The highest BCUT2D eigenvalue weighted by atomic mass is 32.2. The first-order valence-corrected chi connectivity index (χ1v) is 10.7. The number of hydrogen-bond acceptors (Lipinski definition) is 6. The van der Waals surface area contributed by atoms with Crippen molar-refractivity contribution in [2.75, 3.05) is 11.6 Å². The Morgan fingerprint density at radius 3 is 2.64 bits per heavy atom. The van der Waals surface area contributed by atoms with E-state index in [0.717, 1.165) is 24.2 Å². The van der Waals surface area contributed by atoms with Crippen LogP contribution in [0.15, 0.2) is 23.4 Å². The lowest BCUT2D eigenvalue weighted by atomic mass is 9.98. The van der Waals surface area contributed by atoms with E-state index in [2.05, 4.69) is 30.1 Å². The monoisotopic (exact) mass is 403 g/mol. The molecular formula is C20H29N5O2S. The average Bonchev–Trinajstić information content (AvgIpc) is 2.99. The second-order valence-electron chi connectivity index (χ2n) is 7.55. The van der Waals surface area contributed by atoms with Gasteiger partial charge in [-0.05, 0) is 58.6 Å². The van der Waals surface area contributed by atoms with Gasteiger partial charge in [0, 0.05) is 12.1 Å². The van der Waals surface area contributed by atoms with Crippen LogP contribution in [0.1, 0.15) is 50.1 Å². The number of carbonyl (C=O) groups excluding carboxylic acids is 1. The van der Waals surface area contributed by atoms with E-state index in [1.165, 1.54) is 28.4 Å². The number of amides is 1. The van der Waals surface area contributed by atoms with Crippen LogP contribution in [0.4, 0.5) is 0 Å². The van der Waals surface area contributed by atoms with Gasteiger partial charge in [-0.1, -0.05) is 29.5 Å². The van der Waals surface area contributed by atoms with E-state index in [-0.39, 0.29) is 24.6 Å². The number of aromatic nitrogens is 3. The summed E-state index contributed by atoms with van der Waals surface area (Å²) < 4.78 is 7.24. The smallest absolute Gasteiger partial charge is 0.233 e. The maximum atomic E-state index is 12.7. The van der Waals surface area contributed by atoms with Crippen LogP contribution in [0.5, 0.6) is 5.75 Å². The molecule has 1 amide bonds. The average molecular weight is 404 g/mol. The number of aryl methyl sites for hydroxylation is 2. The Balaban J connectivity index is 1.57. The van der Waals surface area contributed by atoms with Gasteiger partial charge < -0.3 is 15.5 Å². The lowest BCUT2D eigenvalue weighted by Gasteiger charge is -2.39. The number of nitrogen functional groups attached to an aromatic ring is 1. The van der Waals surface area contributed by atoms with Crippen molar-refractivity contribution in [1.82, 2.24) is 19.8 Å². The number of likely N-dealkylation sites (tertiary alicyclic amines) is 1. The van der Waals surface area contributed by atoms with E-state index in [0.29, 0.717) is 16.7 Å². The zero-order valence-corrected chi connectivity index (χ0v) is 17.8. The van der Waals surface area contributed by atoms with Gasteiger partial charge in [-0.3, -0.25) is 4.79 Å². The molecular weight excluding hydrogens is 374 g/mol. The lowest BCUT2D eigenvalue weighted by Crippen LogP contribution is -2.48. The highest BCUT2D eigenvalue weighted by Crippen LogP contribution is 2.25. The van der Waals surface area contributed by atoms with Gasteiger partial charge in [0.05, 0.1) is 5.75 Å². The van der Waals surface area contributed by atoms with Gasteiger partial charge in [-0.25, -0.2) is 4.68 Å². The standard InChI is InChI=1S/C20H29N5O2S/c1-13-8-9-17(14(2)10-13)27-11-18-22-23-20(25(18)21)28-12-19(26)24-15(3)6-5-7-16(24)4/h8-10,15-16H,5-7,11-12,21H2,1-4H3/t15-,16+. The fraction of sp³-hybridized carbons (Fsp3) is 0.550. The Labute approximate surface area is 170 Å². The minimum Gasteiger partial charge on any atom is -0.485 e. The molecule has 0 radical (unpaired) electrons. The number of hydrogen-bond donors (Lipinski definition) is 1. The Morgan fingerprint density at radius 1 is 1.25 bits per heavy atom. The number of benzene rings is 1. The number of carbonyl (C=O) groups is 1. The summed E-state index contributed by atoms with van der Waals surface area (Å²) >= 11 is 1.32. The molecule has 0 unspecified atom stereocenters. The molecule has 2 aromatic rings. The molecule has 0 saturated carbocycles. The zero-order chi connectivity index (χ0) is 20.3. The maximum absolute atomic E-state index is 12.7. The van der Waals surface area contributed by atoms with Gasteiger partial charge in [0.15, 0.2) is 5.82 Å². The van der Waals surface area contributed by atoms with Crippen LogP contribution in [0.3, 0.4) is 0 Å². The highest BCUT2D eigenvalue weighted by Gasteiger charge is 2.29. The van der Waals surface area contributed by atoms with E-state index in [4.69, 9.17) is 10.6 Å². The second-order valence-corrected chi connectivity index (χ2v) is 8.49. The summed E-state index contributed by atoms with van der Waals surface area (Å²) in [5.74, 6) is 7.87. The molecule has 28 heavy (non-hydrogen) atoms. The highest BCUT2D eigenvalue weighted by molar-refractivity contribution is 7.99. The maximum Gasteiger partial charge on any atom is 0.233 e. The fourth-order valence-corrected chi connectivity index (χ4v) is 4.47. The van der Waals surface area contributed by atoms with E-state index in [1.807, 2.05) is 30.9 Å². The number of nitrogens with two attached hydrogens (primary N) is 1. The van der Waals surface area contributed by atoms with Crippen LogP contribution in [-0.2, 0) is 11.4 Å². The fourth-order valence-electron chi connectivity index (χ4n) is 3.72. The van der Waals surface area contributed by atoms with Crippen LogP contribution >= 0.6 is 11.8 Å². The molecule has 1 fully saturated rings. The summed E-state index contributed by atoms with van der Waals surface area (Å²) in [5, 5.41) is 8.75. The topological polar surface area (TPSA) is 86.3 Å². The second kappa shape index (κ2) is 8.86. The zero-order valence-electron chi connectivity index (χ0n) is 17.0. The van der Waals surface area contributed by atoms with Gasteiger partial charge in [-0.2, -0.15) is 0 Å². The Kier molecular flexibility index (Phi) is 6.49. The number of nitrogens with zero attached hydrogens (tertiary/aromatic N) is 4. The first-order valence-electron chi connectivity index (χ1n) is 9.70. The summed E-state index contributed by atoms with van der Waals surface area (Å²) in [6.45, 7) is 8.51. The van der Waals surface area contributed by atoms with Gasteiger partial charge >= 0.3 is 0 Å². The molecule has 3 rings (SSSR count). The van der Waals surface area contributed by atoms with E-state index >= 15 is 0 Å². The van der Waals surface area contributed by atoms with Crippen molar-refractivity contribution in [2.45, 2.75) is 70.8 Å². The van der Waals surface area contributed by atoms with Gasteiger partial charge in [0.2, 0.25) is 11.1 Å². The quantitative estimate of drug-likeness (QED) is 0.589. The molecule has 2 N–H and O–H groups in total. The molecule has 1 aliphatic rings. The van der Waals surface area contributed by atoms with Crippen molar-refractivity contribution >= 4 is 17.7 Å². The summed E-state index contributed by atoms with van der Waals surface area (Å²) in [6, 6.07) is 6.59. The number of rotatable bonds is 6. The van der Waals surface area contributed by atoms with Crippen molar-refractivity contribution in [3.05, 3.63) is 35.2 Å². The molecule has 152 valence electrons. The largest absolute Gasteiger partial charge is 0.485 e. The van der Waals surface area contributed by atoms with E-state index < -0.39 is 0 Å². The Bertz CT molecular complexity index is 828.